The number of nitrogens with zero attached hydrogens (tertiary/aromatic N) is 2. The molecule has 3 rings (SSSR count). The molecule has 1 aliphatic heterocycles. The number of nitrogens with one attached hydrogen (secondary N) is 1. The van der Waals surface area contributed by atoms with Gasteiger partial charge in [0.05, 0.1) is 11.8 Å². The van der Waals surface area contributed by atoms with Crippen molar-refractivity contribution in [2.45, 2.75) is 65.1 Å². The first-order chi connectivity index (χ1) is 16.1. The summed E-state index contributed by atoms with van der Waals surface area (Å²) in [6.45, 7) is 5.61. The van der Waals surface area contributed by atoms with Crippen molar-refractivity contribution < 1.29 is 19.2 Å². The van der Waals surface area contributed by atoms with Gasteiger partial charge in [-0.05, 0) is 50.8 Å². The highest BCUT2D eigenvalue weighted by molar-refractivity contribution is 6.35. The molecule has 184 valence electrons. The minimum atomic E-state index is -0.773. The van der Waals surface area contributed by atoms with Crippen LogP contribution >= 0.6 is 23.2 Å². The summed E-state index contributed by atoms with van der Waals surface area (Å²) in [6.07, 6.45) is 5.63. The maximum Gasteiger partial charge on any atom is 0.242 e. The summed E-state index contributed by atoms with van der Waals surface area (Å²) in [5.41, 5.74) is 0.646. The molecule has 1 aromatic rings. The Hall–Kier alpha value is -2.38. The molecule has 1 heterocycles. The number of imide groups is 1. The summed E-state index contributed by atoms with van der Waals surface area (Å²) in [5, 5.41) is 3.77. The molecule has 0 bridgehead atoms. The van der Waals surface area contributed by atoms with Crippen molar-refractivity contribution in [3.63, 3.8) is 0 Å². The molecule has 1 aliphatic carbocycles. The van der Waals surface area contributed by atoms with Gasteiger partial charge in [-0.25, -0.2) is 0 Å². The Morgan fingerprint density at radius 3 is 2.29 bits per heavy atom. The fraction of sp³-hybridized carbons (Fsp3) is 0.520. The molecule has 2 aliphatic rings. The number of fused-ring (bicyclic) bond motifs is 1. The smallest absolute Gasteiger partial charge is 0.242 e. The van der Waals surface area contributed by atoms with Gasteiger partial charge in [0.15, 0.2) is 0 Å². The topological polar surface area (TPSA) is 86.8 Å². The summed E-state index contributed by atoms with van der Waals surface area (Å²) in [6, 6.07) is 4.16. The molecule has 9 heteroatoms. The fourth-order valence-corrected chi connectivity index (χ4v) is 4.79. The quantitative estimate of drug-likeness (QED) is 0.404. The lowest BCUT2D eigenvalue weighted by atomic mass is 9.85. The molecule has 0 spiro atoms. The monoisotopic (exact) mass is 507 g/mol. The van der Waals surface area contributed by atoms with E-state index in [9.17, 15) is 19.2 Å². The summed E-state index contributed by atoms with van der Waals surface area (Å²) in [5.74, 6) is -1.73. The molecule has 1 saturated heterocycles. The van der Waals surface area contributed by atoms with Crippen molar-refractivity contribution in [3.05, 3.63) is 46.0 Å². The van der Waals surface area contributed by atoms with Crippen molar-refractivity contribution in [2.24, 2.45) is 11.8 Å². The van der Waals surface area contributed by atoms with Gasteiger partial charge < -0.3 is 10.2 Å². The van der Waals surface area contributed by atoms with Gasteiger partial charge in [-0.2, -0.15) is 0 Å². The summed E-state index contributed by atoms with van der Waals surface area (Å²) in [7, 11) is 0. The normalized spacial score (nSPS) is 21.3. The fourth-order valence-electron chi connectivity index (χ4n) is 4.32. The zero-order valence-electron chi connectivity index (χ0n) is 19.7. The largest absolute Gasteiger partial charge is 0.352 e. The Kier molecular flexibility index (Phi) is 8.77. The number of likely N-dealkylation sites (tertiary alicyclic amines) is 1. The lowest BCUT2D eigenvalue weighted by Gasteiger charge is -2.30. The maximum absolute atomic E-state index is 13.3. The second-order valence-corrected chi connectivity index (χ2v) is 9.83. The zero-order chi connectivity index (χ0) is 25.0. The number of allylic oxidation sites excluding steroid dienone is 2. The summed E-state index contributed by atoms with van der Waals surface area (Å²) >= 11 is 12.3. The van der Waals surface area contributed by atoms with Gasteiger partial charge in [0.25, 0.3) is 0 Å². The van der Waals surface area contributed by atoms with E-state index >= 15 is 0 Å². The predicted molar refractivity (Wildman–Crippen MR) is 131 cm³/mol. The third kappa shape index (κ3) is 5.81. The molecule has 0 radical (unpaired) electrons. The number of halogens is 2. The van der Waals surface area contributed by atoms with Crippen LogP contribution in [-0.2, 0) is 25.7 Å². The van der Waals surface area contributed by atoms with E-state index < -0.39 is 6.04 Å². The van der Waals surface area contributed by atoms with Gasteiger partial charge in [0, 0.05) is 35.6 Å². The number of hydrogen-bond acceptors (Lipinski definition) is 4. The van der Waals surface area contributed by atoms with Crippen molar-refractivity contribution in [1.82, 2.24) is 15.1 Å². The molecule has 0 saturated carbocycles. The number of benzene rings is 1. The van der Waals surface area contributed by atoms with E-state index in [1.807, 2.05) is 26.0 Å². The van der Waals surface area contributed by atoms with Crippen LogP contribution in [0, 0.1) is 11.8 Å². The van der Waals surface area contributed by atoms with E-state index in [0.29, 0.717) is 28.5 Å². The van der Waals surface area contributed by atoms with E-state index in [0.717, 1.165) is 6.42 Å². The summed E-state index contributed by atoms with van der Waals surface area (Å²) < 4.78 is 0. The molecule has 4 amide bonds. The highest BCUT2D eigenvalue weighted by Crippen LogP contribution is 2.35. The average Bonchev–Trinajstić information content (AvgIpc) is 3.06. The molecule has 34 heavy (non-hydrogen) atoms. The third-order valence-electron chi connectivity index (χ3n) is 6.67. The number of amides is 4. The number of carbonyl (C=O) groups is 4. The Balaban J connectivity index is 1.75. The van der Waals surface area contributed by atoms with Crippen LogP contribution in [0.5, 0.6) is 0 Å². The van der Waals surface area contributed by atoms with Crippen LogP contribution in [0.4, 0.5) is 0 Å². The molecule has 4 atom stereocenters. The maximum atomic E-state index is 13.3. The minimum absolute atomic E-state index is 0.00590. The minimum Gasteiger partial charge on any atom is -0.352 e. The van der Waals surface area contributed by atoms with Crippen molar-refractivity contribution in [3.8, 4) is 0 Å². The van der Waals surface area contributed by atoms with E-state index in [1.54, 1.807) is 25.1 Å². The van der Waals surface area contributed by atoms with Gasteiger partial charge >= 0.3 is 0 Å². The van der Waals surface area contributed by atoms with E-state index in [-0.39, 0.29) is 61.0 Å². The first kappa shape index (κ1) is 26.2. The molecule has 1 aromatic carbocycles. The highest BCUT2D eigenvalue weighted by atomic mass is 35.5. The highest BCUT2D eigenvalue weighted by Gasteiger charge is 2.47. The van der Waals surface area contributed by atoms with E-state index in [2.05, 4.69) is 5.32 Å². The van der Waals surface area contributed by atoms with Gasteiger partial charge in [0.2, 0.25) is 23.6 Å². The number of hydrogen-bond donors (Lipinski definition) is 1. The Labute approximate surface area is 210 Å². The van der Waals surface area contributed by atoms with Crippen LogP contribution in [0.15, 0.2) is 30.4 Å². The third-order valence-corrected chi connectivity index (χ3v) is 7.26. The van der Waals surface area contributed by atoms with Crippen molar-refractivity contribution >= 4 is 46.8 Å². The van der Waals surface area contributed by atoms with Crippen LogP contribution in [0.3, 0.4) is 0 Å². The van der Waals surface area contributed by atoms with Crippen LogP contribution < -0.4 is 5.32 Å². The van der Waals surface area contributed by atoms with Gasteiger partial charge in [-0.1, -0.05) is 48.3 Å². The number of carbonyl (C=O) groups excluding carboxylic acids is 4. The average molecular weight is 508 g/mol. The SMILES string of the molecule is CCC(C)NC(=O)C(C)N(Cc1ccc(Cl)cc1Cl)C(=O)CCN1C(=O)[C@H]2CC=CC[C@H]2C1=O. The zero-order valence-corrected chi connectivity index (χ0v) is 21.2. The van der Waals surface area contributed by atoms with Gasteiger partial charge in [-0.3, -0.25) is 24.1 Å². The first-order valence-corrected chi connectivity index (χ1v) is 12.4. The predicted octanol–water partition coefficient (Wildman–Crippen LogP) is 3.97. The molecular weight excluding hydrogens is 477 g/mol. The standard InChI is InChI=1S/C25H31Cl2N3O4/c1-4-15(2)28-23(32)16(3)30(14-17-9-10-18(26)13-21(17)27)22(31)11-12-29-24(33)19-7-5-6-8-20(19)25(29)34/h5-6,9-10,13,15-16,19-20H,4,7-8,11-12,14H2,1-3H3,(H,28,32)/t15?,16?,19-,20+. The molecule has 2 unspecified atom stereocenters. The van der Waals surface area contributed by atoms with E-state index in [4.69, 9.17) is 23.2 Å². The van der Waals surface area contributed by atoms with Crippen LogP contribution in [0.1, 0.15) is 52.0 Å². The molecular formula is C25H31Cl2N3O4. The number of rotatable bonds is 9. The Bertz CT molecular complexity index is 970. The molecule has 7 nitrogen and oxygen atoms in total. The molecule has 1 fully saturated rings. The van der Waals surface area contributed by atoms with Gasteiger partial charge in [0.1, 0.15) is 6.04 Å². The van der Waals surface area contributed by atoms with Crippen molar-refractivity contribution in [2.75, 3.05) is 6.54 Å². The molecule has 1 N–H and O–H groups in total. The van der Waals surface area contributed by atoms with Crippen LogP contribution in [0.25, 0.3) is 0 Å². The Morgan fingerprint density at radius 2 is 1.74 bits per heavy atom. The second kappa shape index (κ2) is 11.4. The van der Waals surface area contributed by atoms with Gasteiger partial charge in [-0.15, -0.1) is 0 Å². The van der Waals surface area contributed by atoms with E-state index in [1.165, 1.54) is 9.80 Å². The lowest BCUT2D eigenvalue weighted by Crippen LogP contribution is -2.50. The Morgan fingerprint density at radius 1 is 1.12 bits per heavy atom. The van der Waals surface area contributed by atoms with Crippen molar-refractivity contribution in [1.29, 1.82) is 0 Å². The summed E-state index contributed by atoms with van der Waals surface area (Å²) in [4.78, 5) is 54.3. The second-order valence-electron chi connectivity index (χ2n) is 8.99. The molecule has 0 aromatic heterocycles. The van der Waals surface area contributed by atoms with Crippen LogP contribution in [0.2, 0.25) is 10.0 Å². The van der Waals surface area contributed by atoms with Crippen LogP contribution in [-0.4, -0.2) is 52.1 Å². The lowest BCUT2D eigenvalue weighted by molar-refractivity contribution is -0.143. The first-order valence-electron chi connectivity index (χ1n) is 11.7.